The van der Waals surface area contributed by atoms with Crippen molar-refractivity contribution in [1.82, 2.24) is 9.97 Å². The number of para-hydroxylation sites is 1. The number of nitrogens with one attached hydrogen (secondary N) is 1. The number of H-pyrrole nitrogens is 1. The lowest BCUT2D eigenvalue weighted by atomic mass is 10.1. The molecule has 2 heterocycles. The number of hydrogen-bond donors (Lipinski definition) is 2. The van der Waals surface area contributed by atoms with Crippen LogP contribution in [0.4, 0.5) is 5.69 Å². The van der Waals surface area contributed by atoms with Crippen molar-refractivity contribution in [2.45, 2.75) is 32.4 Å². The van der Waals surface area contributed by atoms with Crippen molar-refractivity contribution in [3.8, 4) is 0 Å². The van der Waals surface area contributed by atoms with E-state index in [9.17, 15) is 0 Å². The third kappa shape index (κ3) is 2.82. The normalized spacial score (nSPS) is 14.7. The Bertz CT molecular complexity index is 821. The molecule has 0 unspecified atom stereocenters. The van der Waals surface area contributed by atoms with Crippen LogP contribution in [0, 0.1) is 0 Å². The number of benzene rings is 2. The molecule has 0 spiro atoms. The Morgan fingerprint density at radius 1 is 1.13 bits per heavy atom. The maximum atomic E-state index is 5.72. The van der Waals surface area contributed by atoms with Crippen LogP contribution in [0.1, 0.15) is 29.8 Å². The molecule has 1 aromatic heterocycles. The summed E-state index contributed by atoms with van der Waals surface area (Å²) in [7, 11) is 0. The summed E-state index contributed by atoms with van der Waals surface area (Å²) < 4.78 is 0. The number of hydrogen-bond acceptors (Lipinski definition) is 3. The summed E-state index contributed by atoms with van der Waals surface area (Å²) in [4.78, 5) is 10.7. The quantitative estimate of drug-likeness (QED) is 0.780. The van der Waals surface area contributed by atoms with E-state index in [2.05, 4.69) is 40.2 Å². The summed E-state index contributed by atoms with van der Waals surface area (Å²) in [5.74, 6) is 1.02. The fraction of sp³-hybridized carbons (Fsp3) is 0.316. The van der Waals surface area contributed by atoms with E-state index in [1.165, 1.54) is 30.5 Å². The van der Waals surface area contributed by atoms with Gasteiger partial charge < -0.3 is 15.6 Å². The Labute approximate surface area is 136 Å². The molecule has 0 saturated carbocycles. The van der Waals surface area contributed by atoms with Gasteiger partial charge in [0, 0.05) is 18.8 Å². The third-order valence-electron chi connectivity index (χ3n) is 4.63. The molecular weight excluding hydrogens is 284 g/mol. The Balaban J connectivity index is 1.65. The van der Waals surface area contributed by atoms with E-state index in [1.54, 1.807) is 0 Å². The molecule has 2 aromatic carbocycles. The van der Waals surface area contributed by atoms with Gasteiger partial charge in [-0.15, -0.1) is 0 Å². The summed E-state index contributed by atoms with van der Waals surface area (Å²) in [6, 6.07) is 14.9. The number of aromatic amines is 1. The van der Waals surface area contributed by atoms with Crippen LogP contribution in [0.3, 0.4) is 0 Å². The zero-order valence-electron chi connectivity index (χ0n) is 13.3. The van der Waals surface area contributed by atoms with Crippen LogP contribution in [-0.4, -0.2) is 16.5 Å². The van der Waals surface area contributed by atoms with E-state index in [0.717, 1.165) is 35.5 Å². The molecule has 0 aliphatic carbocycles. The molecule has 4 nitrogen and oxygen atoms in total. The maximum Gasteiger partial charge on any atom is 0.126 e. The summed E-state index contributed by atoms with van der Waals surface area (Å²) in [5.41, 5.74) is 11.8. The van der Waals surface area contributed by atoms with E-state index >= 15 is 0 Å². The molecule has 0 atom stereocenters. The molecule has 0 radical (unpaired) electrons. The van der Waals surface area contributed by atoms with Crippen LogP contribution in [0.5, 0.6) is 0 Å². The van der Waals surface area contributed by atoms with Crippen LogP contribution >= 0.6 is 0 Å². The molecule has 4 rings (SSSR count). The highest BCUT2D eigenvalue weighted by molar-refractivity contribution is 5.76. The number of imidazole rings is 1. The Kier molecular flexibility index (Phi) is 3.75. The van der Waals surface area contributed by atoms with Crippen molar-refractivity contribution in [3.63, 3.8) is 0 Å². The molecule has 3 N–H and O–H groups in total. The predicted octanol–water partition coefficient (Wildman–Crippen LogP) is 3.36. The van der Waals surface area contributed by atoms with Gasteiger partial charge in [0.25, 0.3) is 0 Å². The van der Waals surface area contributed by atoms with E-state index in [0.29, 0.717) is 6.54 Å². The van der Waals surface area contributed by atoms with E-state index in [-0.39, 0.29) is 0 Å². The number of aryl methyl sites for hydroxylation is 1. The van der Waals surface area contributed by atoms with Gasteiger partial charge in [0.15, 0.2) is 0 Å². The second-order valence-corrected chi connectivity index (χ2v) is 6.25. The maximum absolute atomic E-state index is 5.72. The lowest BCUT2D eigenvalue weighted by Crippen LogP contribution is -2.24. The largest absolute Gasteiger partial charge is 0.364 e. The number of aromatic nitrogens is 2. The molecule has 3 aromatic rings. The van der Waals surface area contributed by atoms with Crippen LogP contribution in [0.15, 0.2) is 42.5 Å². The molecule has 0 saturated heterocycles. The molecule has 1 aliphatic heterocycles. The number of rotatable bonds is 3. The molecule has 1 aliphatic rings. The first kappa shape index (κ1) is 14.3. The highest BCUT2D eigenvalue weighted by Gasteiger charge is 2.16. The zero-order chi connectivity index (χ0) is 15.6. The average Bonchev–Trinajstić information content (AvgIpc) is 2.88. The van der Waals surface area contributed by atoms with Crippen LogP contribution < -0.4 is 10.6 Å². The lowest BCUT2D eigenvalue weighted by Gasteiger charge is -2.23. The van der Waals surface area contributed by atoms with Crippen molar-refractivity contribution in [1.29, 1.82) is 0 Å². The highest BCUT2D eigenvalue weighted by Crippen LogP contribution is 2.27. The number of nitrogens with two attached hydrogens (primary N) is 1. The SMILES string of the molecule is NCc1ccc2nc(CN3CCCCc4ccccc43)[nH]c2c1. The summed E-state index contributed by atoms with van der Waals surface area (Å²) in [5, 5.41) is 0. The Morgan fingerprint density at radius 3 is 2.96 bits per heavy atom. The van der Waals surface area contributed by atoms with Gasteiger partial charge in [-0.25, -0.2) is 4.98 Å². The molecule has 118 valence electrons. The molecule has 0 amide bonds. The van der Waals surface area contributed by atoms with Crippen molar-refractivity contribution in [3.05, 3.63) is 59.4 Å². The predicted molar refractivity (Wildman–Crippen MR) is 94.4 cm³/mol. The topological polar surface area (TPSA) is 57.9 Å². The Morgan fingerprint density at radius 2 is 2.04 bits per heavy atom. The second-order valence-electron chi connectivity index (χ2n) is 6.25. The van der Waals surface area contributed by atoms with Gasteiger partial charge in [0.1, 0.15) is 5.82 Å². The summed E-state index contributed by atoms with van der Waals surface area (Å²) >= 11 is 0. The van der Waals surface area contributed by atoms with Crippen LogP contribution in [0.25, 0.3) is 11.0 Å². The number of nitrogens with zero attached hydrogens (tertiary/aromatic N) is 2. The minimum atomic E-state index is 0.559. The van der Waals surface area contributed by atoms with Crippen molar-refractivity contribution < 1.29 is 0 Å². The third-order valence-corrected chi connectivity index (χ3v) is 4.63. The van der Waals surface area contributed by atoms with E-state index < -0.39 is 0 Å². The molecule has 4 heteroatoms. The summed E-state index contributed by atoms with van der Waals surface area (Å²) in [6.07, 6.45) is 3.66. The number of anilines is 1. The molecule has 0 bridgehead atoms. The highest BCUT2D eigenvalue weighted by atomic mass is 15.2. The fourth-order valence-corrected chi connectivity index (χ4v) is 3.43. The average molecular weight is 306 g/mol. The van der Waals surface area contributed by atoms with Crippen molar-refractivity contribution in [2.75, 3.05) is 11.4 Å². The van der Waals surface area contributed by atoms with Crippen LogP contribution in [-0.2, 0) is 19.5 Å². The van der Waals surface area contributed by atoms with E-state index in [4.69, 9.17) is 10.7 Å². The van der Waals surface area contributed by atoms with Crippen LogP contribution in [0.2, 0.25) is 0 Å². The first-order chi connectivity index (χ1) is 11.3. The van der Waals surface area contributed by atoms with Gasteiger partial charge in [-0.2, -0.15) is 0 Å². The minimum absolute atomic E-state index is 0.559. The van der Waals surface area contributed by atoms with Gasteiger partial charge in [-0.05, 0) is 48.6 Å². The zero-order valence-corrected chi connectivity index (χ0v) is 13.3. The van der Waals surface area contributed by atoms with Gasteiger partial charge >= 0.3 is 0 Å². The van der Waals surface area contributed by atoms with Gasteiger partial charge in [-0.1, -0.05) is 24.3 Å². The van der Waals surface area contributed by atoms with Crippen molar-refractivity contribution in [2.24, 2.45) is 5.73 Å². The number of fused-ring (bicyclic) bond motifs is 2. The molecule has 23 heavy (non-hydrogen) atoms. The van der Waals surface area contributed by atoms with Crippen molar-refractivity contribution >= 4 is 16.7 Å². The first-order valence-corrected chi connectivity index (χ1v) is 8.34. The van der Waals surface area contributed by atoms with Gasteiger partial charge in [0.05, 0.1) is 17.6 Å². The van der Waals surface area contributed by atoms with Gasteiger partial charge in [-0.3, -0.25) is 0 Å². The Hall–Kier alpha value is -2.33. The lowest BCUT2D eigenvalue weighted by molar-refractivity contribution is 0.703. The second kappa shape index (κ2) is 6.05. The summed E-state index contributed by atoms with van der Waals surface area (Å²) in [6.45, 7) is 2.47. The smallest absolute Gasteiger partial charge is 0.126 e. The monoisotopic (exact) mass is 306 g/mol. The van der Waals surface area contributed by atoms with Gasteiger partial charge in [0.2, 0.25) is 0 Å². The fourth-order valence-electron chi connectivity index (χ4n) is 3.43. The molecule has 0 fully saturated rings. The van der Waals surface area contributed by atoms with E-state index in [1.807, 2.05) is 12.1 Å². The minimum Gasteiger partial charge on any atom is -0.364 e. The molecular formula is C19H22N4. The standard InChI is InChI=1S/C19H22N4/c20-12-14-8-9-16-17(11-14)22-19(21-16)13-23-10-4-3-6-15-5-1-2-7-18(15)23/h1-2,5,7-9,11H,3-4,6,10,12-13,20H2,(H,21,22). The first-order valence-electron chi connectivity index (χ1n) is 8.34.